The molecule has 6 rings (SSSR count). The van der Waals surface area contributed by atoms with Gasteiger partial charge in [0, 0.05) is 30.9 Å². The van der Waals surface area contributed by atoms with Gasteiger partial charge in [-0.15, -0.1) is 0 Å². The molecule has 0 aromatic heterocycles. The minimum Gasteiger partial charge on any atom is -0.460 e. The Labute approximate surface area is 298 Å². The molecular formula is C37H48FN3O9S. The van der Waals surface area contributed by atoms with E-state index in [0.717, 1.165) is 12.8 Å². The Morgan fingerprint density at radius 2 is 1.82 bits per heavy atom. The van der Waals surface area contributed by atoms with Crippen molar-refractivity contribution < 1.29 is 46.3 Å². The number of carbonyl (C=O) groups excluding carboxylic acids is 5. The molecule has 3 aliphatic heterocycles. The monoisotopic (exact) mass is 729 g/mol. The van der Waals surface area contributed by atoms with Crippen molar-refractivity contribution in [1.82, 2.24) is 14.5 Å². The molecule has 1 N–H and O–H groups in total. The summed E-state index contributed by atoms with van der Waals surface area (Å²) in [6.45, 7) is 5.28. The van der Waals surface area contributed by atoms with E-state index in [1.165, 1.54) is 15.9 Å². The summed E-state index contributed by atoms with van der Waals surface area (Å²) in [5, 5.41) is -0.622. The lowest BCUT2D eigenvalue weighted by atomic mass is 9.90. The van der Waals surface area contributed by atoms with Crippen LogP contribution in [0.3, 0.4) is 0 Å². The van der Waals surface area contributed by atoms with Gasteiger partial charge < -0.3 is 14.4 Å². The van der Waals surface area contributed by atoms with Crippen molar-refractivity contribution in [3.05, 3.63) is 47.3 Å². The molecule has 51 heavy (non-hydrogen) atoms. The van der Waals surface area contributed by atoms with Crippen LogP contribution in [0.4, 0.5) is 9.18 Å². The number of ketones is 1. The number of benzene rings is 1. The summed E-state index contributed by atoms with van der Waals surface area (Å²) >= 11 is 0. The van der Waals surface area contributed by atoms with Gasteiger partial charge in [-0.1, -0.05) is 37.1 Å². The highest BCUT2D eigenvalue weighted by Gasteiger charge is 2.61. The number of fused-ring (bicyclic) bond motifs is 3. The number of amides is 3. The Bertz CT molecular complexity index is 1720. The number of hydrogen-bond acceptors (Lipinski definition) is 9. The van der Waals surface area contributed by atoms with E-state index in [2.05, 4.69) is 4.72 Å². The van der Waals surface area contributed by atoms with E-state index in [0.29, 0.717) is 43.2 Å². The van der Waals surface area contributed by atoms with Gasteiger partial charge in [0.2, 0.25) is 21.8 Å². The van der Waals surface area contributed by atoms with E-state index in [1.807, 2.05) is 12.2 Å². The van der Waals surface area contributed by atoms with Crippen molar-refractivity contribution in [2.75, 3.05) is 6.54 Å². The molecule has 3 heterocycles. The highest BCUT2D eigenvalue weighted by Crippen LogP contribution is 2.57. The quantitative estimate of drug-likeness (QED) is 0.324. The second kappa shape index (κ2) is 14.3. The lowest BCUT2D eigenvalue weighted by Crippen LogP contribution is -2.46. The smallest absolute Gasteiger partial charge is 0.410 e. The van der Waals surface area contributed by atoms with Crippen LogP contribution in [-0.2, 0) is 51.8 Å². The lowest BCUT2D eigenvalue weighted by Gasteiger charge is -2.29. The average Bonchev–Trinajstić information content (AvgIpc) is 3.93. The zero-order chi connectivity index (χ0) is 36.7. The van der Waals surface area contributed by atoms with Crippen LogP contribution in [0, 0.1) is 23.1 Å². The first kappa shape index (κ1) is 37.0. The molecule has 1 aromatic rings. The molecule has 0 spiro atoms. The number of halogens is 1. The van der Waals surface area contributed by atoms with Crippen molar-refractivity contribution in [1.29, 1.82) is 0 Å². The molecule has 14 heteroatoms. The maximum absolute atomic E-state index is 14.4. The molecule has 2 aliphatic carbocycles. The highest BCUT2D eigenvalue weighted by atomic mass is 32.2. The van der Waals surface area contributed by atoms with E-state index in [-0.39, 0.29) is 51.2 Å². The Morgan fingerprint density at radius 3 is 2.53 bits per heavy atom. The third-order valence-corrected chi connectivity index (χ3v) is 12.4. The summed E-state index contributed by atoms with van der Waals surface area (Å²) in [7, 11) is -3.87. The fourth-order valence-electron chi connectivity index (χ4n) is 7.63. The van der Waals surface area contributed by atoms with Gasteiger partial charge >= 0.3 is 12.1 Å². The number of sulfonamides is 1. The van der Waals surface area contributed by atoms with Crippen molar-refractivity contribution >= 4 is 39.7 Å². The molecule has 0 unspecified atom stereocenters. The number of nitrogens with one attached hydrogen (secondary N) is 1. The number of allylic oxidation sites excluding steroid dienone is 2. The largest absolute Gasteiger partial charge is 0.460 e. The maximum Gasteiger partial charge on any atom is 0.410 e. The molecule has 1 saturated heterocycles. The number of Topliss-reactive ketones (excluding diaryl/α,β-unsaturated/α-hetero) is 1. The first-order chi connectivity index (χ1) is 24.1. The summed E-state index contributed by atoms with van der Waals surface area (Å²) in [6, 6.07) is 3.56. The maximum atomic E-state index is 14.4. The van der Waals surface area contributed by atoms with Crippen molar-refractivity contribution in [2.24, 2.45) is 17.3 Å². The van der Waals surface area contributed by atoms with Crippen LogP contribution in [-0.4, -0.2) is 77.4 Å². The number of rotatable bonds is 6. The number of ether oxygens (including phenoxy) is 2. The van der Waals surface area contributed by atoms with Crippen molar-refractivity contribution in [2.45, 2.75) is 127 Å². The van der Waals surface area contributed by atoms with Crippen LogP contribution < -0.4 is 4.72 Å². The molecule has 5 aliphatic rings. The second-order valence-corrected chi connectivity index (χ2v) is 17.8. The summed E-state index contributed by atoms with van der Waals surface area (Å²) in [5.74, 6) is -3.71. The van der Waals surface area contributed by atoms with Crippen LogP contribution in [0.15, 0.2) is 30.4 Å². The number of esters is 1. The molecule has 12 nitrogen and oxygen atoms in total. The minimum atomic E-state index is -3.87. The number of carbonyl (C=O) groups is 5. The zero-order valence-corrected chi connectivity index (χ0v) is 30.3. The minimum absolute atomic E-state index is 0.0207. The van der Waals surface area contributed by atoms with Gasteiger partial charge in [0.25, 0.3) is 0 Å². The van der Waals surface area contributed by atoms with Crippen LogP contribution in [0.2, 0.25) is 0 Å². The summed E-state index contributed by atoms with van der Waals surface area (Å²) in [6.07, 6.45) is 6.28. The summed E-state index contributed by atoms with van der Waals surface area (Å²) in [5.41, 5.74) is -0.982. The molecular weight excluding hydrogens is 681 g/mol. The van der Waals surface area contributed by atoms with Gasteiger partial charge in [-0.2, -0.15) is 0 Å². The summed E-state index contributed by atoms with van der Waals surface area (Å²) < 4.78 is 53.6. The lowest BCUT2D eigenvalue weighted by molar-refractivity contribution is -0.159. The van der Waals surface area contributed by atoms with Crippen LogP contribution >= 0.6 is 0 Å². The Balaban J connectivity index is 1.25. The Kier molecular flexibility index (Phi) is 10.4. The molecule has 2 saturated carbocycles. The van der Waals surface area contributed by atoms with Crippen LogP contribution in [0.5, 0.6) is 0 Å². The van der Waals surface area contributed by atoms with E-state index in [1.54, 1.807) is 32.9 Å². The molecule has 3 amide bonds. The topological polar surface area (TPSA) is 156 Å². The Hall–Kier alpha value is -3.81. The van der Waals surface area contributed by atoms with Gasteiger partial charge in [-0.3, -0.25) is 28.8 Å². The molecule has 0 bridgehead atoms. The van der Waals surface area contributed by atoms with Crippen LogP contribution in [0.1, 0.15) is 103 Å². The van der Waals surface area contributed by atoms with Crippen molar-refractivity contribution in [3.8, 4) is 0 Å². The normalized spacial score (nSPS) is 29.2. The Morgan fingerprint density at radius 1 is 1.06 bits per heavy atom. The molecule has 1 aromatic carbocycles. The van der Waals surface area contributed by atoms with Gasteiger partial charge in [-0.05, 0) is 76.8 Å². The number of nitrogens with zero attached hydrogens (tertiary/aromatic N) is 2. The predicted octanol–water partition coefficient (Wildman–Crippen LogP) is 4.69. The SMILES string of the molecule is CC(C)(C)OC(=O)C[C@H]1CCCCC/C=C\[C@@H]2C[C@@]2(C(=O)NS(=O)(=O)C2CC2)CC(=O)[C@@H]2C[C@@H](OC(=O)N3Cc4cccc(F)c4C3)CN2C1=O. The zero-order valence-electron chi connectivity index (χ0n) is 29.5. The van der Waals surface area contributed by atoms with Crippen LogP contribution in [0.25, 0.3) is 0 Å². The fourth-order valence-corrected chi connectivity index (χ4v) is 9.02. The first-order valence-electron chi connectivity index (χ1n) is 18.1. The molecule has 278 valence electrons. The standard InChI is InChI=1S/C37H48FN3O9S/c1-36(2,3)50-32(43)16-23-10-7-5-4-6-8-12-25-18-37(25,34(45)39-51(47,48)27-14-15-27)19-31(42)30-17-26(21-41(30)33(23)44)49-35(46)40-20-24-11-9-13-29(38)28(24)22-40/h8-9,11-13,23,25-27,30H,4-7,10,14-22H2,1-3H3,(H,39,45)/b12-8-/t23-,25-,26-,30+,37-/m1/s1. The number of hydrogen-bond donors (Lipinski definition) is 1. The third kappa shape index (κ3) is 8.47. The van der Waals surface area contributed by atoms with Gasteiger partial charge in [-0.25, -0.2) is 17.6 Å². The van der Waals surface area contributed by atoms with E-state index in [9.17, 15) is 36.8 Å². The highest BCUT2D eigenvalue weighted by molar-refractivity contribution is 7.90. The molecule has 3 fully saturated rings. The molecule has 0 radical (unpaired) electrons. The van der Waals surface area contributed by atoms with Gasteiger partial charge in [0.05, 0.1) is 36.2 Å². The molecule has 5 atom stereocenters. The summed E-state index contributed by atoms with van der Waals surface area (Å²) in [4.78, 5) is 71.4. The van der Waals surface area contributed by atoms with Gasteiger partial charge in [0.1, 0.15) is 17.5 Å². The average molecular weight is 730 g/mol. The first-order valence-corrected chi connectivity index (χ1v) is 19.6. The van der Waals surface area contributed by atoms with E-state index < -0.39 is 79.8 Å². The third-order valence-electron chi connectivity index (χ3n) is 10.6. The van der Waals surface area contributed by atoms with E-state index >= 15 is 0 Å². The fraction of sp³-hybridized carbons (Fsp3) is 0.649. The van der Waals surface area contributed by atoms with E-state index in [4.69, 9.17) is 9.47 Å². The second-order valence-electron chi connectivity index (χ2n) is 15.8. The van der Waals surface area contributed by atoms with Gasteiger partial charge in [0.15, 0.2) is 5.78 Å². The van der Waals surface area contributed by atoms with Crippen molar-refractivity contribution in [3.63, 3.8) is 0 Å². The predicted molar refractivity (Wildman–Crippen MR) is 182 cm³/mol.